The van der Waals surface area contributed by atoms with Crippen molar-refractivity contribution in [2.45, 2.75) is 49.5 Å². The van der Waals surface area contributed by atoms with Crippen molar-refractivity contribution in [3.05, 3.63) is 40.9 Å². The Morgan fingerprint density at radius 2 is 1.96 bits per heavy atom. The van der Waals surface area contributed by atoms with E-state index in [4.69, 9.17) is 5.11 Å². The van der Waals surface area contributed by atoms with Crippen molar-refractivity contribution < 1.29 is 18.3 Å². The molecule has 0 saturated heterocycles. The summed E-state index contributed by atoms with van der Waals surface area (Å²) < 4.78 is 29.1. The van der Waals surface area contributed by atoms with Crippen molar-refractivity contribution in [2.24, 2.45) is 17.8 Å². The van der Waals surface area contributed by atoms with E-state index in [1.165, 1.54) is 0 Å². The van der Waals surface area contributed by atoms with Crippen LogP contribution in [0.4, 0.5) is 0 Å². The van der Waals surface area contributed by atoms with E-state index in [2.05, 4.69) is 32.8 Å². The molecule has 0 aliphatic heterocycles. The standard InChI is InChI=1S/C19H24BrNO4S/c20-15-6-8-16(9-7-15)26(24,25)21-18-12-13-10-14(17(18)11-13)4-2-1-3-5-19(22)23/h2,4,6-9,13-14,17-18,21H,1,3,5,10-12H2,(H,22,23)/b4-2-. The van der Waals surface area contributed by atoms with Gasteiger partial charge < -0.3 is 5.11 Å². The number of allylic oxidation sites excluding steroid dienone is 2. The normalized spacial score (nSPS) is 28.0. The SMILES string of the molecule is O=C(O)CCC/C=C\C1CC2CC(NS(=O)(=O)c3ccc(Br)cc3)C1C2. The second-order valence-electron chi connectivity index (χ2n) is 7.30. The lowest BCUT2D eigenvalue weighted by atomic mass is 9.85. The highest BCUT2D eigenvalue weighted by Crippen LogP contribution is 2.49. The Labute approximate surface area is 163 Å². The zero-order valence-electron chi connectivity index (χ0n) is 14.5. The minimum Gasteiger partial charge on any atom is -0.481 e. The maximum absolute atomic E-state index is 12.6. The molecule has 2 fully saturated rings. The minimum atomic E-state index is -3.51. The van der Waals surface area contributed by atoms with Crippen molar-refractivity contribution in [3.63, 3.8) is 0 Å². The lowest BCUT2D eigenvalue weighted by molar-refractivity contribution is -0.137. The molecule has 0 aromatic heterocycles. The number of rotatable bonds is 8. The first-order valence-electron chi connectivity index (χ1n) is 9.01. The van der Waals surface area contributed by atoms with Crippen LogP contribution in [0.2, 0.25) is 0 Å². The van der Waals surface area contributed by atoms with E-state index in [0.717, 1.165) is 30.2 Å². The molecule has 2 aliphatic carbocycles. The van der Waals surface area contributed by atoms with Crippen LogP contribution in [0.3, 0.4) is 0 Å². The predicted octanol–water partition coefficient (Wildman–Crippen LogP) is 3.95. The lowest BCUT2D eigenvalue weighted by Gasteiger charge is -2.28. The average molecular weight is 442 g/mol. The Balaban J connectivity index is 1.59. The van der Waals surface area contributed by atoms with Crippen LogP contribution in [0.5, 0.6) is 0 Å². The van der Waals surface area contributed by atoms with Crippen LogP contribution in [-0.4, -0.2) is 25.5 Å². The zero-order chi connectivity index (χ0) is 18.7. The van der Waals surface area contributed by atoms with Crippen LogP contribution in [0.25, 0.3) is 0 Å². The van der Waals surface area contributed by atoms with Gasteiger partial charge in [-0.15, -0.1) is 0 Å². The van der Waals surface area contributed by atoms with Crippen molar-refractivity contribution >= 4 is 31.9 Å². The highest BCUT2D eigenvalue weighted by Gasteiger charge is 2.46. The van der Waals surface area contributed by atoms with Crippen molar-refractivity contribution in [1.29, 1.82) is 0 Å². The summed E-state index contributed by atoms with van der Waals surface area (Å²) in [5, 5.41) is 8.67. The van der Waals surface area contributed by atoms with Gasteiger partial charge in [0.2, 0.25) is 10.0 Å². The Hall–Kier alpha value is -1.18. The molecule has 2 aliphatic rings. The summed E-state index contributed by atoms with van der Waals surface area (Å²) in [5.74, 6) is 0.532. The quantitative estimate of drug-likeness (QED) is 0.472. The molecule has 2 bridgehead atoms. The molecule has 2 saturated carbocycles. The van der Waals surface area contributed by atoms with Gasteiger partial charge in [-0.05, 0) is 74.1 Å². The minimum absolute atomic E-state index is 0.0175. The van der Waals surface area contributed by atoms with Crippen LogP contribution in [0.1, 0.15) is 38.5 Å². The van der Waals surface area contributed by atoms with Crippen molar-refractivity contribution in [1.82, 2.24) is 4.72 Å². The number of carboxylic acid groups (broad SMARTS) is 1. The number of hydrogen-bond acceptors (Lipinski definition) is 3. The molecule has 1 aromatic carbocycles. The van der Waals surface area contributed by atoms with Gasteiger partial charge >= 0.3 is 5.97 Å². The number of carbonyl (C=O) groups is 1. The Morgan fingerprint density at radius 1 is 1.23 bits per heavy atom. The number of unbranched alkanes of at least 4 members (excludes halogenated alkanes) is 1. The molecule has 142 valence electrons. The summed E-state index contributed by atoms with van der Waals surface area (Å²) >= 11 is 3.32. The van der Waals surface area contributed by atoms with Gasteiger partial charge in [0.25, 0.3) is 0 Å². The van der Waals surface area contributed by atoms with E-state index in [9.17, 15) is 13.2 Å². The summed E-state index contributed by atoms with van der Waals surface area (Å²) in [6.45, 7) is 0. The molecule has 7 heteroatoms. The Morgan fingerprint density at radius 3 is 2.62 bits per heavy atom. The van der Waals surface area contributed by atoms with Crippen molar-refractivity contribution in [2.75, 3.05) is 0 Å². The number of aliphatic carboxylic acids is 1. The molecule has 4 atom stereocenters. The first-order chi connectivity index (χ1) is 12.3. The van der Waals surface area contributed by atoms with E-state index in [1.54, 1.807) is 24.3 Å². The first-order valence-corrected chi connectivity index (χ1v) is 11.3. The summed E-state index contributed by atoms with van der Waals surface area (Å²) in [5.41, 5.74) is 0. The fourth-order valence-corrected chi connectivity index (χ4v) is 5.85. The van der Waals surface area contributed by atoms with Gasteiger partial charge in [0.1, 0.15) is 0 Å². The zero-order valence-corrected chi connectivity index (χ0v) is 16.9. The molecule has 26 heavy (non-hydrogen) atoms. The van der Waals surface area contributed by atoms with E-state index >= 15 is 0 Å². The van der Waals surface area contributed by atoms with Gasteiger partial charge in [-0.2, -0.15) is 0 Å². The van der Waals surface area contributed by atoms with Crippen LogP contribution < -0.4 is 4.72 Å². The van der Waals surface area contributed by atoms with E-state index in [0.29, 0.717) is 29.1 Å². The summed E-state index contributed by atoms with van der Waals surface area (Å²) in [6.07, 6.45) is 8.91. The number of carboxylic acids is 1. The predicted molar refractivity (Wildman–Crippen MR) is 103 cm³/mol. The Bertz CT molecular complexity index is 775. The van der Waals surface area contributed by atoms with Crippen LogP contribution in [0.15, 0.2) is 45.8 Å². The second kappa shape index (κ2) is 8.23. The molecule has 0 radical (unpaired) electrons. The highest BCUT2D eigenvalue weighted by molar-refractivity contribution is 9.10. The van der Waals surface area contributed by atoms with Gasteiger partial charge in [0.05, 0.1) is 4.90 Å². The molecule has 4 unspecified atom stereocenters. The van der Waals surface area contributed by atoms with E-state index in [1.807, 2.05) is 0 Å². The average Bonchev–Trinajstić information content (AvgIpc) is 3.14. The largest absolute Gasteiger partial charge is 0.481 e. The van der Waals surface area contributed by atoms with Crippen LogP contribution >= 0.6 is 15.9 Å². The van der Waals surface area contributed by atoms with Gasteiger partial charge in [-0.1, -0.05) is 28.1 Å². The molecular formula is C19H24BrNO4S. The number of fused-ring (bicyclic) bond motifs is 2. The van der Waals surface area contributed by atoms with E-state index < -0.39 is 16.0 Å². The molecule has 5 nitrogen and oxygen atoms in total. The third-order valence-electron chi connectivity index (χ3n) is 5.44. The van der Waals surface area contributed by atoms with Gasteiger partial charge in [-0.3, -0.25) is 4.79 Å². The second-order valence-corrected chi connectivity index (χ2v) is 9.93. The Kier molecular flexibility index (Phi) is 6.20. The third-order valence-corrected chi connectivity index (χ3v) is 7.47. The summed E-state index contributed by atoms with van der Waals surface area (Å²) in [6, 6.07) is 6.67. The molecule has 0 amide bonds. The number of nitrogens with one attached hydrogen (secondary N) is 1. The maximum Gasteiger partial charge on any atom is 0.303 e. The topological polar surface area (TPSA) is 83.5 Å². The number of halogens is 1. The molecular weight excluding hydrogens is 418 g/mol. The lowest BCUT2D eigenvalue weighted by Crippen LogP contribution is -2.40. The third kappa shape index (κ3) is 4.75. The summed E-state index contributed by atoms with van der Waals surface area (Å²) in [4.78, 5) is 10.8. The van der Waals surface area contributed by atoms with E-state index in [-0.39, 0.29) is 12.5 Å². The summed E-state index contributed by atoms with van der Waals surface area (Å²) in [7, 11) is -3.51. The van der Waals surface area contributed by atoms with Gasteiger partial charge in [0.15, 0.2) is 0 Å². The molecule has 1 aromatic rings. The molecule has 3 rings (SSSR count). The van der Waals surface area contributed by atoms with Crippen LogP contribution in [0, 0.1) is 17.8 Å². The van der Waals surface area contributed by atoms with Crippen molar-refractivity contribution in [3.8, 4) is 0 Å². The monoisotopic (exact) mass is 441 g/mol. The van der Waals surface area contributed by atoms with Gasteiger partial charge in [0, 0.05) is 16.9 Å². The fourth-order valence-electron chi connectivity index (χ4n) is 4.28. The highest BCUT2D eigenvalue weighted by atomic mass is 79.9. The smallest absolute Gasteiger partial charge is 0.303 e. The molecule has 0 spiro atoms. The fraction of sp³-hybridized carbons (Fsp3) is 0.526. The first kappa shape index (κ1) is 19.6. The number of sulfonamides is 1. The van der Waals surface area contributed by atoms with Crippen LogP contribution in [-0.2, 0) is 14.8 Å². The molecule has 0 heterocycles. The molecule has 2 N–H and O–H groups in total. The maximum atomic E-state index is 12.6. The number of hydrogen-bond donors (Lipinski definition) is 2. The van der Waals surface area contributed by atoms with Gasteiger partial charge in [-0.25, -0.2) is 13.1 Å². The number of benzene rings is 1.